The van der Waals surface area contributed by atoms with Crippen molar-refractivity contribution < 1.29 is 33.8 Å². The van der Waals surface area contributed by atoms with E-state index in [1.54, 1.807) is 43.3 Å². The van der Waals surface area contributed by atoms with Crippen LogP contribution in [0.25, 0.3) is 6.08 Å². The summed E-state index contributed by atoms with van der Waals surface area (Å²) in [6.45, 7) is 1.10. The molecule has 0 atom stereocenters. The molecule has 1 aliphatic rings. The fourth-order valence-corrected chi connectivity index (χ4v) is 4.35. The lowest BCUT2D eigenvalue weighted by molar-refractivity contribution is -0.140. The number of carbonyl (C=O) groups excluding carboxylic acids is 3. The number of aliphatic carboxylic acids is 1. The molecule has 1 heterocycles. The first kappa shape index (κ1) is 26.2. The Morgan fingerprint density at radius 2 is 1.91 bits per heavy atom. The Hall–Kier alpha value is -3.41. The van der Waals surface area contributed by atoms with Gasteiger partial charge in [-0.15, -0.1) is 0 Å². The minimum Gasteiger partial charge on any atom is -0.484 e. The van der Waals surface area contributed by atoms with Crippen molar-refractivity contribution in [2.45, 2.75) is 6.92 Å². The highest BCUT2D eigenvalue weighted by atomic mass is 35.5. The topological polar surface area (TPSA) is 122 Å². The molecule has 1 fully saturated rings. The van der Waals surface area contributed by atoms with E-state index >= 15 is 0 Å². The molecular weight excluding hydrogens is 516 g/mol. The van der Waals surface area contributed by atoms with Crippen molar-refractivity contribution in [2.24, 2.45) is 0 Å². The Bertz CT molecular complexity index is 1210. The van der Waals surface area contributed by atoms with Gasteiger partial charge in [0.15, 0.2) is 6.61 Å². The third kappa shape index (κ3) is 7.04. The Morgan fingerprint density at radius 1 is 1.20 bits per heavy atom. The molecule has 2 aromatic carbocycles. The largest absolute Gasteiger partial charge is 0.484 e. The molecule has 12 heteroatoms. The summed E-state index contributed by atoms with van der Waals surface area (Å²) in [5.41, 5.74) is 1.18. The molecule has 0 spiro atoms. The molecule has 0 bridgehead atoms. The fraction of sp³-hybridized carbons (Fsp3) is 0.174. The van der Waals surface area contributed by atoms with Gasteiger partial charge in [0.2, 0.25) is 0 Å². The molecule has 1 aliphatic heterocycles. The number of benzene rings is 2. The zero-order chi connectivity index (χ0) is 25.5. The van der Waals surface area contributed by atoms with Gasteiger partial charge in [0.25, 0.3) is 11.8 Å². The van der Waals surface area contributed by atoms with E-state index in [-0.39, 0.29) is 28.1 Å². The predicted molar refractivity (Wildman–Crippen MR) is 135 cm³/mol. The van der Waals surface area contributed by atoms with Gasteiger partial charge in [0.1, 0.15) is 16.6 Å². The molecule has 9 nitrogen and oxygen atoms in total. The number of anilines is 1. The number of thiocarbonyl (C=S) groups is 1. The molecule has 3 rings (SSSR count). The van der Waals surface area contributed by atoms with Crippen LogP contribution in [0.2, 0.25) is 5.02 Å². The quantitative estimate of drug-likeness (QED) is 0.281. The van der Waals surface area contributed by atoms with Crippen molar-refractivity contribution in [3.05, 3.63) is 63.5 Å². The molecule has 35 heavy (non-hydrogen) atoms. The van der Waals surface area contributed by atoms with Crippen molar-refractivity contribution >= 4 is 75.4 Å². The molecule has 0 saturated carbocycles. The van der Waals surface area contributed by atoms with Crippen LogP contribution >= 0.6 is 35.6 Å². The molecule has 1 saturated heterocycles. The number of rotatable bonds is 9. The molecule has 0 aliphatic carbocycles. The third-order valence-corrected chi connectivity index (χ3v) is 6.17. The number of hydrogen-bond acceptors (Lipinski definition) is 8. The van der Waals surface area contributed by atoms with Crippen LogP contribution in [0.15, 0.2) is 47.4 Å². The molecule has 0 unspecified atom stereocenters. The van der Waals surface area contributed by atoms with Crippen LogP contribution < -0.4 is 10.1 Å². The third-order valence-electron chi connectivity index (χ3n) is 4.46. The van der Waals surface area contributed by atoms with Crippen LogP contribution in [-0.2, 0) is 19.1 Å². The van der Waals surface area contributed by atoms with Crippen molar-refractivity contribution in [3.63, 3.8) is 0 Å². The minimum absolute atomic E-state index is 0.141. The fourth-order valence-electron chi connectivity index (χ4n) is 2.90. The molecule has 182 valence electrons. The van der Waals surface area contributed by atoms with Crippen LogP contribution in [0.5, 0.6) is 5.75 Å². The number of nitrogens with zero attached hydrogens (tertiary/aromatic N) is 1. The van der Waals surface area contributed by atoms with E-state index in [2.05, 4.69) is 5.32 Å². The van der Waals surface area contributed by atoms with E-state index in [9.17, 15) is 19.2 Å². The predicted octanol–water partition coefficient (Wildman–Crippen LogP) is 3.82. The van der Waals surface area contributed by atoms with E-state index in [1.807, 2.05) is 0 Å². The minimum atomic E-state index is -1.15. The summed E-state index contributed by atoms with van der Waals surface area (Å²) in [6.07, 6.45) is 1.60. The summed E-state index contributed by atoms with van der Waals surface area (Å²) in [7, 11) is 0. The van der Waals surface area contributed by atoms with Gasteiger partial charge in [0.05, 0.1) is 22.1 Å². The van der Waals surface area contributed by atoms with Gasteiger partial charge in [-0.3, -0.25) is 19.3 Å². The normalized spacial score (nSPS) is 14.2. The first-order chi connectivity index (χ1) is 16.7. The maximum atomic E-state index is 12.3. The Morgan fingerprint density at radius 3 is 2.57 bits per heavy atom. The van der Waals surface area contributed by atoms with Crippen LogP contribution in [0.1, 0.15) is 22.8 Å². The number of carboxylic acid groups (broad SMARTS) is 1. The maximum absolute atomic E-state index is 12.3. The second-order valence-electron chi connectivity index (χ2n) is 6.98. The Labute approximate surface area is 215 Å². The summed E-state index contributed by atoms with van der Waals surface area (Å²) in [4.78, 5) is 48.8. The maximum Gasteiger partial charge on any atom is 0.339 e. The van der Waals surface area contributed by atoms with Crippen molar-refractivity contribution in [1.29, 1.82) is 0 Å². The summed E-state index contributed by atoms with van der Waals surface area (Å²) >= 11 is 12.1. The van der Waals surface area contributed by atoms with E-state index in [4.69, 9.17) is 38.4 Å². The lowest BCUT2D eigenvalue weighted by Crippen LogP contribution is -2.33. The Balaban J connectivity index is 1.57. The molecule has 2 N–H and O–H groups in total. The van der Waals surface area contributed by atoms with Gasteiger partial charge >= 0.3 is 11.9 Å². The lowest BCUT2D eigenvalue weighted by Gasteiger charge is -2.10. The number of nitrogens with one attached hydrogen (secondary N) is 1. The second-order valence-corrected chi connectivity index (χ2v) is 9.07. The zero-order valence-electron chi connectivity index (χ0n) is 18.3. The van der Waals surface area contributed by atoms with Gasteiger partial charge in [-0.05, 0) is 48.9 Å². The lowest BCUT2D eigenvalue weighted by atomic mass is 10.2. The number of halogens is 1. The summed E-state index contributed by atoms with van der Waals surface area (Å²) in [6, 6.07) is 11.1. The standard InChI is InChI=1S/C23H19ClN2O7S2/c1-2-32-22(31)16-10-14(5-8-17(16)24)25-19(27)12-33-15-6-3-13(4-7-15)9-18-21(30)26(11-20(28)29)23(34)35-18/h3-10H,2,11-12H2,1H3,(H,25,27)(H,28,29). The van der Waals surface area contributed by atoms with Crippen molar-refractivity contribution in [1.82, 2.24) is 4.90 Å². The summed E-state index contributed by atoms with van der Waals surface area (Å²) in [5, 5.41) is 11.7. The van der Waals surface area contributed by atoms with E-state index in [0.717, 1.165) is 16.7 Å². The first-order valence-corrected chi connectivity index (χ1v) is 11.7. The highest BCUT2D eigenvalue weighted by molar-refractivity contribution is 8.26. The van der Waals surface area contributed by atoms with E-state index < -0.39 is 30.3 Å². The molecule has 2 aromatic rings. The van der Waals surface area contributed by atoms with Gasteiger partial charge in [-0.2, -0.15) is 0 Å². The average molecular weight is 535 g/mol. The average Bonchev–Trinajstić information content (AvgIpc) is 3.07. The monoisotopic (exact) mass is 534 g/mol. The number of ether oxygens (including phenoxy) is 2. The second kappa shape index (κ2) is 11.8. The molecule has 0 radical (unpaired) electrons. The van der Waals surface area contributed by atoms with Crippen molar-refractivity contribution in [3.8, 4) is 5.75 Å². The number of thioether (sulfide) groups is 1. The molecular formula is C23H19ClN2O7S2. The smallest absolute Gasteiger partial charge is 0.339 e. The van der Waals surface area contributed by atoms with E-state index in [1.165, 1.54) is 12.1 Å². The number of esters is 1. The van der Waals surface area contributed by atoms with Gasteiger partial charge < -0.3 is 19.9 Å². The highest BCUT2D eigenvalue weighted by Crippen LogP contribution is 2.32. The van der Waals surface area contributed by atoms with Crippen LogP contribution in [0.3, 0.4) is 0 Å². The van der Waals surface area contributed by atoms with Crippen LogP contribution in [-0.4, -0.2) is 57.8 Å². The number of hydrogen-bond donors (Lipinski definition) is 2. The summed E-state index contributed by atoms with van der Waals surface area (Å²) < 4.78 is 10.6. The SMILES string of the molecule is CCOC(=O)c1cc(NC(=O)COc2ccc(C=C3SC(=S)N(CC(=O)O)C3=O)cc2)ccc1Cl. The van der Waals surface area contributed by atoms with Crippen LogP contribution in [0, 0.1) is 0 Å². The van der Waals surface area contributed by atoms with Gasteiger partial charge in [0, 0.05) is 5.69 Å². The van der Waals surface area contributed by atoms with Gasteiger partial charge in [-0.25, -0.2) is 4.79 Å². The van der Waals surface area contributed by atoms with Gasteiger partial charge in [-0.1, -0.05) is 47.7 Å². The number of carboxylic acids is 1. The zero-order valence-corrected chi connectivity index (χ0v) is 20.7. The van der Waals surface area contributed by atoms with E-state index in [0.29, 0.717) is 21.9 Å². The number of amides is 2. The molecule has 0 aromatic heterocycles. The number of carbonyl (C=O) groups is 4. The highest BCUT2D eigenvalue weighted by Gasteiger charge is 2.33. The molecule has 2 amide bonds. The summed E-state index contributed by atoms with van der Waals surface area (Å²) in [5.74, 6) is -2.24. The first-order valence-electron chi connectivity index (χ1n) is 10.1. The van der Waals surface area contributed by atoms with Crippen LogP contribution in [0.4, 0.5) is 5.69 Å². The van der Waals surface area contributed by atoms with Crippen molar-refractivity contribution in [2.75, 3.05) is 25.1 Å². The Kier molecular flexibility index (Phi) is 8.85.